The van der Waals surface area contributed by atoms with Gasteiger partial charge in [-0.3, -0.25) is 4.72 Å². The van der Waals surface area contributed by atoms with Gasteiger partial charge in [-0.05, 0) is 59.0 Å². The molecule has 0 aliphatic carbocycles. The van der Waals surface area contributed by atoms with Crippen molar-refractivity contribution in [2.75, 3.05) is 4.72 Å². The molecule has 0 atom stereocenters. The van der Waals surface area contributed by atoms with Gasteiger partial charge in [-0.2, -0.15) is 0 Å². The van der Waals surface area contributed by atoms with E-state index < -0.39 is 16.0 Å². The van der Waals surface area contributed by atoms with Crippen LogP contribution in [0.15, 0.2) is 47.4 Å². The standard InChI is InChI=1S/C13H9ClINO4S/c14-11-5-4-8(13(17)18)6-12(11)21(19,20)16-10-3-1-2-9(15)7-10/h1-7,16H,(H,17,18). The third-order valence-corrected chi connectivity index (χ3v) is 5.08. The van der Waals surface area contributed by atoms with Crippen LogP contribution in [-0.4, -0.2) is 19.5 Å². The van der Waals surface area contributed by atoms with Crippen molar-refractivity contribution in [1.82, 2.24) is 0 Å². The summed E-state index contributed by atoms with van der Waals surface area (Å²) in [6, 6.07) is 10.3. The molecule has 2 N–H and O–H groups in total. The minimum Gasteiger partial charge on any atom is -0.478 e. The number of carbonyl (C=O) groups is 1. The predicted molar refractivity (Wildman–Crippen MR) is 88.4 cm³/mol. The average molecular weight is 438 g/mol. The Morgan fingerprint density at radius 1 is 1.19 bits per heavy atom. The van der Waals surface area contributed by atoms with E-state index >= 15 is 0 Å². The molecule has 8 heteroatoms. The van der Waals surface area contributed by atoms with Gasteiger partial charge >= 0.3 is 5.97 Å². The van der Waals surface area contributed by atoms with Crippen molar-refractivity contribution in [3.8, 4) is 0 Å². The van der Waals surface area contributed by atoms with Gasteiger partial charge in [0, 0.05) is 9.26 Å². The first kappa shape index (κ1) is 16.1. The average Bonchev–Trinajstić information content (AvgIpc) is 2.38. The molecule has 110 valence electrons. The Bertz CT molecular complexity index is 808. The van der Waals surface area contributed by atoms with Crippen molar-refractivity contribution < 1.29 is 18.3 Å². The molecular weight excluding hydrogens is 429 g/mol. The lowest BCUT2D eigenvalue weighted by Crippen LogP contribution is -2.14. The molecule has 0 bridgehead atoms. The fraction of sp³-hybridized carbons (Fsp3) is 0. The molecule has 0 spiro atoms. The fourth-order valence-corrected chi connectivity index (χ4v) is 3.72. The largest absolute Gasteiger partial charge is 0.478 e. The van der Waals surface area contributed by atoms with Gasteiger partial charge in [-0.15, -0.1) is 0 Å². The Kier molecular flexibility index (Phi) is 4.74. The number of carboxylic acids is 1. The maximum absolute atomic E-state index is 12.3. The normalized spacial score (nSPS) is 11.1. The molecule has 0 saturated heterocycles. The molecule has 2 rings (SSSR count). The quantitative estimate of drug-likeness (QED) is 0.718. The number of hydrogen-bond acceptors (Lipinski definition) is 3. The van der Waals surface area contributed by atoms with Crippen LogP contribution >= 0.6 is 34.2 Å². The van der Waals surface area contributed by atoms with E-state index in [1.165, 1.54) is 12.1 Å². The van der Waals surface area contributed by atoms with Crippen LogP contribution in [0, 0.1) is 3.57 Å². The minimum atomic E-state index is -3.97. The number of carboxylic acid groups (broad SMARTS) is 1. The summed E-state index contributed by atoms with van der Waals surface area (Å²) in [7, 11) is -3.97. The van der Waals surface area contributed by atoms with E-state index in [1.54, 1.807) is 18.2 Å². The van der Waals surface area contributed by atoms with E-state index in [0.29, 0.717) is 5.69 Å². The Labute approximate surface area is 140 Å². The summed E-state index contributed by atoms with van der Waals surface area (Å²) in [5.41, 5.74) is 0.223. The Morgan fingerprint density at radius 3 is 2.52 bits per heavy atom. The lowest BCUT2D eigenvalue weighted by atomic mass is 10.2. The summed E-state index contributed by atoms with van der Waals surface area (Å²) >= 11 is 7.92. The zero-order valence-corrected chi connectivity index (χ0v) is 14.1. The van der Waals surface area contributed by atoms with Crippen LogP contribution in [0.4, 0.5) is 5.69 Å². The molecule has 5 nitrogen and oxygen atoms in total. The smallest absolute Gasteiger partial charge is 0.335 e. The summed E-state index contributed by atoms with van der Waals surface area (Å²) < 4.78 is 27.9. The molecule has 0 aliphatic heterocycles. The molecule has 0 amide bonds. The number of nitrogens with one attached hydrogen (secondary N) is 1. The zero-order chi connectivity index (χ0) is 15.6. The fourth-order valence-electron chi connectivity index (χ4n) is 1.60. The number of halogens is 2. The van der Waals surface area contributed by atoms with Gasteiger partial charge in [0.05, 0.1) is 10.6 Å². The zero-order valence-electron chi connectivity index (χ0n) is 10.4. The molecule has 0 unspecified atom stereocenters. The van der Waals surface area contributed by atoms with E-state index in [0.717, 1.165) is 9.64 Å². The molecule has 0 aromatic heterocycles. The van der Waals surface area contributed by atoms with Gasteiger partial charge in [0.1, 0.15) is 4.90 Å². The highest BCUT2D eigenvalue weighted by molar-refractivity contribution is 14.1. The Balaban J connectivity index is 2.44. The van der Waals surface area contributed by atoms with Crippen molar-refractivity contribution in [2.45, 2.75) is 4.90 Å². The van der Waals surface area contributed by atoms with Crippen LogP contribution < -0.4 is 4.72 Å². The highest BCUT2D eigenvalue weighted by atomic mass is 127. The monoisotopic (exact) mass is 437 g/mol. The van der Waals surface area contributed by atoms with Crippen LogP contribution in [0.1, 0.15) is 10.4 Å². The van der Waals surface area contributed by atoms with Crippen molar-refractivity contribution in [2.24, 2.45) is 0 Å². The maximum Gasteiger partial charge on any atom is 0.335 e. The van der Waals surface area contributed by atoms with Crippen molar-refractivity contribution in [1.29, 1.82) is 0 Å². The second kappa shape index (κ2) is 6.20. The highest BCUT2D eigenvalue weighted by Gasteiger charge is 2.20. The molecule has 0 radical (unpaired) electrons. The van der Waals surface area contributed by atoms with E-state index in [2.05, 4.69) is 27.3 Å². The number of aromatic carboxylic acids is 1. The Morgan fingerprint density at radius 2 is 1.90 bits per heavy atom. The first-order chi connectivity index (χ1) is 9.79. The molecule has 2 aromatic carbocycles. The van der Waals surface area contributed by atoms with Gasteiger partial charge in [0.2, 0.25) is 0 Å². The SMILES string of the molecule is O=C(O)c1ccc(Cl)c(S(=O)(=O)Nc2cccc(I)c2)c1. The lowest BCUT2D eigenvalue weighted by molar-refractivity contribution is 0.0696. The molecule has 21 heavy (non-hydrogen) atoms. The van der Waals surface area contributed by atoms with E-state index in [-0.39, 0.29) is 15.5 Å². The number of sulfonamides is 1. The number of hydrogen-bond donors (Lipinski definition) is 2. The second-order valence-electron chi connectivity index (χ2n) is 4.07. The van der Waals surface area contributed by atoms with Gasteiger partial charge < -0.3 is 5.11 Å². The van der Waals surface area contributed by atoms with Crippen molar-refractivity contribution in [3.05, 3.63) is 56.6 Å². The summed E-state index contributed by atoms with van der Waals surface area (Å²) in [6.45, 7) is 0. The molecule has 2 aromatic rings. The number of anilines is 1. The molecular formula is C13H9ClINO4S. The van der Waals surface area contributed by atoms with Gasteiger partial charge in [0.15, 0.2) is 0 Å². The minimum absolute atomic E-state index is 0.0434. The number of rotatable bonds is 4. The van der Waals surface area contributed by atoms with Gasteiger partial charge in [-0.1, -0.05) is 17.7 Å². The maximum atomic E-state index is 12.3. The van der Waals surface area contributed by atoms with Crippen LogP contribution in [-0.2, 0) is 10.0 Å². The van der Waals surface area contributed by atoms with Crippen LogP contribution in [0.2, 0.25) is 5.02 Å². The van der Waals surface area contributed by atoms with Crippen LogP contribution in [0.5, 0.6) is 0 Å². The molecule has 0 heterocycles. The summed E-state index contributed by atoms with van der Waals surface area (Å²) in [5, 5.41) is 8.89. The van der Waals surface area contributed by atoms with Gasteiger partial charge in [0.25, 0.3) is 10.0 Å². The third kappa shape index (κ3) is 3.86. The molecule has 0 fully saturated rings. The second-order valence-corrected chi connectivity index (χ2v) is 7.37. The third-order valence-electron chi connectivity index (χ3n) is 2.54. The van der Waals surface area contributed by atoms with E-state index in [9.17, 15) is 13.2 Å². The Hall–Kier alpha value is -1.32. The van der Waals surface area contributed by atoms with Crippen molar-refractivity contribution >= 4 is 55.9 Å². The highest BCUT2D eigenvalue weighted by Crippen LogP contribution is 2.25. The predicted octanol–water partition coefficient (Wildman–Crippen LogP) is 3.44. The summed E-state index contributed by atoms with van der Waals surface area (Å²) in [6.07, 6.45) is 0. The van der Waals surface area contributed by atoms with E-state index in [1.807, 2.05) is 6.07 Å². The molecule has 0 aliphatic rings. The first-order valence-corrected chi connectivity index (χ1v) is 8.55. The van der Waals surface area contributed by atoms with Crippen LogP contribution in [0.3, 0.4) is 0 Å². The van der Waals surface area contributed by atoms with Crippen molar-refractivity contribution in [3.63, 3.8) is 0 Å². The summed E-state index contributed by atoms with van der Waals surface area (Å²) in [4.78, 5) is 10.7. The summed E-state index contributed by atoms with van der Waals surface area (Å²) in [5.74, 6) is -1.22. The van der Waals surface area contributed by atoms with Crippen LogP contribution in [0.25, 0.3) is 0 Å². The topological polar surface area (TPSA) is 83.5 Å². The van der Waals surface area contributed by atoms with E-state index in [4.69, 9.17) is 16.7 Å². The first-order valence-electron chi connectivity index (χ1n) is 5.61. The molecule has 0 saturated carbocycles. The lowest BCUT2D eigenvalue weighted by Gasteiger charge is -2.10. The number of benzene rings is 2. The van der Waals surface area contributed by atoms with Gasteiger partial charge in [-0.25, -0.2) is 13.2 Å².